The molecule has 0 amide bonds. The van der Waals surface area contributed by atoms with Crippen molar-refractivity contribution in [2.75, 3.05) is 6.61 Å². The first kappa shape index (κ1) is 14.9. The lowest BCUT2D eigenvalue weighted by molar-refractivity contribution is 0.266. The Bertz CT molecular complexity index is 716. The number of aliphatic hydroxyl groups is 1. The van der Waals surface area contributed by atoms with Crippen LogP contribution in [0.1, 0.15) is 22.1 Å². The number of hydrogen-bond acceptors (Lipinski definition) is 5. The quantitative estimate of drug-likeness (QED) is 0.716. The lowest BCUT2D eigenvalue weighted by atomic mass is 10.2. The van der Waals surface area contributed by atoms with Crippen molar-refractivity contribution in [2.45, 2.75) is 25.8 Å². The summed E-state index contributed by atoms with van der Waals surface area (Å²) in [6.07, 6.45) is 6.30. The third kappa shape index (κ3) is 3.61. The van der Waals surface area contributed by atoms with Gasteiger partial charge in [0.2, 0.25) is 0 Å². The van der Waals surface area contributed by atoms with E-state index in [0.717, 1.165) is 30.9 Å². The summed E-state index contributed by atoms with van der Waals surface area (Å²) in [5.74, 6) is 1.74. The number of rotatable bonds is 7. The van der Waals surface area contributed by atoms with E-state index in [0.29, 0.717) is 6.54 Å². The van der Waals surface area contributed by atoms with Crippen LogP contribution in [0.2, 0.25) is 0 Å². The SMILES string of the molecule is Cn1cc(CCc2nc(Cc3cccs3)nn2CCO)cn1. The molecule has 3 aromatic heterocycles. The molecule has 0 aliphatic heterocycles. The molecule has 22 heavy (non-hydrogen) atoms. The summed E-state index contributed by atoms with van der Waals surface area (Å²) in [7, 11) is 1.91. The number of aryl methyl sites for hydroxylation is 3. The van der Waals surface area contributed by atoms with Crippen LogP contribution in [0.3, 0.4) is 0 Å². The monoisotopic (exact) mass is 317 g/mol. The highest BCUT2D eigenvalue weighted by Crippen LogP contribution is 2.14. The normalized spacial score (nSPS) is 11.2. The van der Waals surface area contributed by atoms with Gasteiger partial charge in [-0.1, -0.05) is 6.07 Å². The van der Waals surface area contributed by atoms with Crippen LogP contribution >= 0.6 is 11.3 Å². The second-order valence-corrected chi connectivity index (χ2v) is 6.20. The number of thiophene rings is 1. The van der Waals surface area contributed by atoms with Crippen molar-refractivity contribution in [2.24, 2.45) is 7.05 Å². The number of nitrogens with zero attached hydrogens (tertiary/aromatic N) is 5. The van der Waals surface area contributed by atoms with Crippen LogP contribution < -0.4 is 0 Å². The molecule has 0 aliphatic carbocycles. The van der Waals surface area contributed by atoms with E-state index in [9.17, 15) is 5.11 Å². The van der Waals surface area contributed by atoms with E-state index in [1.807, 2.05) is 30.2 Å². The zero-order chi connectivity index (χ0) is 15.4. The molecular weight excluding hydrogens is 298 g/mol. The fourth-order valence-electron chi connectivity index (χ4n) is 2.39. The molecule has 0 unspecified atom stereocenters. The van der Waals surface area contributed by atoms with Crippen molar-refractivity contribution in [3.05, 3.63) is 52.0 Å². The Balaban J connectivity index is 1.72. The van der Waals surface area contributed by atoms with Crippen LogP contribution in [0.5, 0.6) is 0 Å². The molecule has 116 valence electrons. The molecule has 0 atom stereocenters. The fraction of sp³-hybridized carbons (Fsp3) is 0.400. The van der Waals surface area contributed by atoms with Crippen molar-refractivity contribution >= 4 is 11.3 Å². The van der Waals surface area contributed by atoms with Gasteiger partial charge < -0.3 is 5.11 Å². The summed E-state index contributed by atoms with van der Waals surface area (Å²) < 4.78 is 3.62. The third-order valence-electron chi connectivity index (χ3n) is 3.41. The molecule has 0 saturated heterocycles. The zero-order valence-corrected chi connectivity index (χ0v) is 13.3. The van der Waals surface area contributed by atoms with Crippen molar-refractivity contribution in [1.82, 2.24) is 24.5 Å². The van der Waals surface area contributed by atoms with Gasteiger partial charge in [-0.2, -0.15) is 10.2 Å². The van der Waals surface area contributed by atoms with Crippen LogP contribution in [0, 0.1) is 0 Å². The van der Waals surface area contributed by atoms with Crippen LogP contribution in [-0.2, 0) is 32.9 Å². The number of hydrogen-bond donors (Lipinski definition) is 1. The van der Waals surface area contributed by atoms with Gasteiger partial charge in [0.25, 0.3) is 0 Å². The Morgan fingerprint density at radius 3 is 2.91 bits per heavy atom. The molecule has 3 aromatic rings. The van der Waals surface area contributed by atoms with E-state index < -0.39 is 0 Å². The minimum atomic E-state index is 0.0711. The van der Waals surface area contributed by atoms with E-state index in [2.05, 4.69) is 26.6 Å². The van der Waals surface area contributed by atoms with Gasteiger partial charge in [0.05, 0.1) is 19.3 Å². The van der Waals surface area contributed by atoms with Gasteiger partial charge in [0, 0.05) is 31.0 Å². The molecule has 7 heteroatoms. The highest BCUT2D eigenvalue weighted by atomic mass is 32.1. The van der Waals surface area contributed by atoms with Crippen LogP contribution in [0.4, 0.5) is 0 Å². The predicted octanol–water partition coefficient (Wildman–Crippen LogP) is 1.44. The van der Waals surface area contributed by atoms with Crippen molar-refractivity contribution < 1.29 is 5.11 Å². The van der Waals surface area contributed by atoms with E-state index in [1.54, 1.807) is 16.0 Å². The Kier molecular flexibility index (Phi) is 4.65. The standard InChI is InChI=1S/C15H19N5OS/c1-19-11-12(10-16-19)4-5-15-17-14(18-20(15)6-7-21)9-13-3-2-8-22-13/h2-3,8,10-11,21H,4-7,9H2,1H3. The Labute approximate surface area is 133 Å². The molecule has 0 saturated carbocycles. The van der Waals surface area contributed by atoms with Crippen molar-refractivity contribution in [3.8, 4) is 0 Å². The van der Waals surface area contributed by atoms with Gasteiger partial charge in [-0.15, -0.1) is 11.3 Å². The van der Waals surface area contributed by atoms with Crippen LogP contribution in [-0.4, -0.2) is 36.3 Å². The Morgan fingerprint density at radius 1 is 1.32 bits per heavy atom. The second kappa shape index (κ2) is 6.85. The molecule has 6 nitrogen and oxygen atoms in total. The lowest BCUT2D eigenvalue weighted by Crippen LogP contribution is -2.09. The maximum atomic E-state index is 9.20. The van der Waals surface area contributed by atoms with Gasteiger partial charge in [0.15, 0.2) is 5.82 Å². The molecule has 1 N–H and O–H groups in total. The Hall–Kier alpha value is -1.99. The second-order valence-electron chi connectivity index (χ2n) is 5.17. The highest BCUT2D eigenvalue weighted by molar-refractivity contribution is 7.09. The Morgan fingerprint density at radius 2 is 2.23 bits per heavy atom. The molecule has 3 heterocycles. The molecule has 0 bridgehead atoms. The van der Waals surface area contributed by atoms with Gasteiger partial charge in [0.1, 0.15) is 5.82 Å². The summed E-state index contributed by atoms with van der Waals surface area (Å²) in [5, 5.41) is 20.0. The molecule has 0 fully saturated rings. The third-order valence-corrected chi connectivity index (χ3v) is 4.29. The van der Waals surface area contributed by atoms with Crippen LogP contribution in [0.15, 0.2) is 29.9 Å². The topological polar surface area (TPSA) is 68.8 Å². The van der Waals surface area contributed by atoms with Gasteiger partial charge >= 0.3 is 0 Å². The molecule has 0 aliphatic rings. The van der Waals surface area contributed by atoms with Gasteiger partial charge in [-0.3, -0.25) is 4.68 Å². The lowest BCUT2D eigenvalue weighted by Gasteiger charge is -2.02. The van der Waals surface area contributed by atoms with E-state index in [4.69, 9.17) is 0 Å². The number of aliphatic hydroxyl groups excluding tert-OH is 1. The first-order chi connectivity index (χ1) is 10.7. The smallest absolute Gasteiger partial charge is 0.156 e. The minimum absolute atomic E-state index is 0.0711. The van der Waals surface area contributed by atoms with Crippen molar-refractivity contribution in [1.29, 1.82) is 0 Å². The summed E-state index contributed by atoms with van der Waals surface area (Å²) in [5.41, 5.74) is 1.18. The first-order valence-corrected chi connectivity index (χ1v) is 8.16. The van der Waals surface area contributed by atoms with E-state index >= 15 is 0 Å². The first-order valence-electron chi connectivity index (χ1n) is 7.28. The minimum Gasteiger partial charge on any atom is -0.394 e. The highest BCUT2D eigenvalue weighted by Gasteiger charge is 2.11. The molecular formula is C15H19N5OS. The summed E-state index contributed by atoms with van der Waals surface area (Å²) in [6, 6.07) is 4.13. The molecule has 3 rings (SSSR count). The van der Waals surface area contributed by atoms with Crippen molar-refractivity contribution in [3.63, 3.8) is 0 Å². The van der Waals surface area contributed by atoms with E-state index in [-0.39, 0.29) is 6.61 Å². The summed E-state index contributed by atoms with van der Waals surface area (Å²) in [6.45, 7) is 0.557. The number of aromatic nitrogens is 5. The van der Waals surface area contributed by atoms with Gasteiger partial charge in [-0.05, 0) is 23.4 Å². The summed E-state index contributed by atoms with van der Waals surface area (Å²) in [4.78, 5) is 5.90. The largest absolute Gasteiger partial charge is 0.394 e. The summed E-state index contributed by atoms with van der Waals surface area (Å²) >= 11 is 1.71. The molecule has 0 spiro atoms. The average molecular weight is 317 g/mol. The zero-order valence-electron chi connectivity index (χ0n) is 12.5. The molecule has 0 aromatic carbocycles. The van der Waals surface area contributed by atoms with Crippen LogP contribution in [0.25, 0.3) is 0 Å². The average Bonchev–Trinajstić information content (AvgIpc) is 3.20. The van der Waals surface area contributed by atoms with E-state index in [1.165, 1.54) is 10.4 Å². The molecule has 0 radical (unpaired) electrons. The van der Waals surface area contributed by atoms with Gasteiger partial charge in [-0.25, -0.2) is 9.67 Å². The predicted molar refractivity (Wildman–Crippen MR) is 84.8 cm³/mol. The maximum absolute atomic E-state index is 9.20. The maximum Gasteiger partial charge on any atom is 0.156 e. The fourth-order valence-corrected chi connectivity index (χ4v) is 3.09.